The average Bonchev–Trinajstić information content (AvgIpc) is 2.33. The van der Waals surface area contributed by atoms with Crippen molar-refractivity contribution in [1.82, 2.24) is 4.98 Å². The Balaban J connectivity index is 2.35. The van der Waals surface area contributed by atoms with Gasteiger partial charge in [0.05, 0.1) is 0 Å². The molecule has 2 nitrogen and oxygen atoms in total. The predicted molar refractivity (Wildman–Crippen MR) is 72.8 cm³/mol. The number of rotatable bonds is 4. The van der Waals surface area contributed by atoms with Crippen LogP contribution in [-0.4, -0.2) is 11.5 Å². The molecule has 0 aliphatic heterocycles. The van der Waals surface area contributed by atoms with Crippen molar-refractivity contribution in [2.75, 3.05) is 11.9 Å². The molecule has 0 saturated heterocycles. The summed E-state index contributed by atoms with van der Waals surface area (Å²) in [5.41, 5.74) is 0. The first-order valence-corrected chi connectivity index (χ1v) is 6.39. The fourth-order valence-electron chi connectivity index (χ4n) is 1.68. The summed E-state index contributed by atoms with van der Waals surface area (Å²) < 4.78 is 1.05. The number of aromatic nitrogens is 1. The van der Waals surface area contributed by atoms with E-state index in [4.69, 9.17) is 0 Å². The van der Waals surface area contributed by atoms with E-state index in [1.54, 1.807) is 0 Å². The van der Waals surface area contributed by atoms with Gasteiger partial charge in [-0.15, -0.1) is 0 Å². The van der Waals surface area contributed by atoms with E-state index in [0.717, 1.165) is 16.8 Å². The molecule has 84 valence electrons. The highest BCUT2D eigenvalue weighted by atomic mass is 79.9. The van der Waals surface area contributed by atoms with Crippen LogP contribution < -0.4 is 5.32 Å². The number of pyridine rings is 1. The SMILES string of the molecule is CCCCNc1ncc(Br)c2ccccc12. The average molecular weight is 279 g/mol. The molecular weight excluding hydrogens is 264 g/mol. The van der Waals surface area contributed by atoms with Crippen LogP contribution in [0.1, 0.15) is 19.8 Å². The Morgan fingerprint density at radius 3 is 2.75 bits per heavy atom. The summed E-state index contributed by atoms with van der Waals surface area (Å²) in [4.78, 5) is 4.42. The van der Waals surface area contributed by atoms with Crippen LogP contribution in [0.15, 0.2) is 34.9 Å². The minimum atomic E-state index is 0.979. The number of nitrogens with one attached hydrogen (secondary N) is 1. The zero-order chi connectivity index (χ0) is 11.4. The van der Waals surface area contributed by atoms with Gasteiger partial charge in [-0.05, 0) is 22.4 Å². The largest absolute Gasteiger partial charge is 0.370 e. The molecule has 1 aromatic heterocycles. The Hall–Kier alpha value is -1.09. The molecule has 0 bridgehead atoms. The lowest BCUT2D eigenvalue weighted by Gasteiger charge is -2.09. The van der Waals surface area contributed by atoms with E-state index in [0.29, 0.717) is 0 Å². The molecule has 2 aromatic rings. The van der Waals surface area contributed by atoms with Crippen molar-refractivity contribution in [2.45, 2.75) is 19.8 Å². The molecule has 3 heteroatoms. The van der Waals surface area contributed by atoms with Crippen molar-refractivity contribution in [1.29, 1.82) is 0 Å². The molecule has 0 aliphatic rings. The van der Waals surface area contributed by atoms with E-state index < -0.39 is 0 Å². The third-order valence-corrected chi connectivity index (χ3v) is 3.20. The number of benzene rings is 1. The highest BCUT2D eigenvalue weighted by Gasteiger charge is 2.04. The molecular formula is C13H15BrN2. The normalized spacial score (nSPS) is 10.6. The molecule has 1 heterocycles. The summed E-state index contributed by atoms with van der Waals surface area (Å²) in [6.07, 6.45) is 4.23. The van der Waals surface area contributed by atoms with Crippen molar-refractivity contribution >= 4 is 32.5 Å². The number of hydrogen-bond donors (Lipinski definition) is 1. The molecule has 0 unspecified atom stereocenters. The van der Waals surface area contributed by atoms with Crippen LogP contribution in [-0.2, 0) is 0 Å². The highest BCUT2D eigenvalue weighted by molar-refractivity contribution is 9.10. The van der Waals surface area contributed by atoms with Gasteiger partial charge in [-0.2, -0.15) is 0 Å². The fraction of sp³-hybridized carbons (Fsp3) is 0.308. The van der Waals surface area contributed by atoms with E-state index in [-0.39, 0.29) is 0 Å². The van der Waals surface area contributed by atoms with E-state index in [2.05, 4.69) is 45.3 Å². The molecule has 0 fully saturated rings. The topological polar surface area (TPSA) is 24.9 Å². The minimum absolute atomic E-state index is 0.979. The lowest BCUT2D eigenvalue weighted by Crippen LogP contribution is -2.03. The standard InChI is InChI=1S/C13H15BrN2/c1-2-3-8-15-13-11-7-5-4-6-10(11)12(14)9-16-13/h4-7,9H,2-3,8H2,1H3,(H,15,16). The molecule has 0 saturated carbocycles. The Morgan fingerprint density at radius 1 is 1.25 bits per heavy atom. The second-order valence-electron chi connectivity index (χ2n) is 3.78. The Labute approximate surface area is 104 Å². The summed E-state index contributed by atoms with van der Waals surface area (Å²) in [6.45, 7) is 3.17. The van der Waals surface area contributed by atoms with Crippen LogP contribution in [0.4, 0.5) is 5.82 Å². The van der Waals surface area contributed by atoms with Crippen LogP contribution in [0.25, 0.3) is 10.8 Å². The second-order valence-corrected chi connectivity index (χ2v) is 4.63. The van der Waals surface area contributed by atoms with E-state index in [9.17, 15) is 0 Å². The number of nitrogens with zero attached hydrogens (tertiary/aromatic N) is 1. The maximum absolute atomic E-state index is 4.42. The lowest BCUT2D eigenvalue weighted by atomic mass is 10.1. The van der Waals surface area contributed by atoms with Crippen LogP contribution in [0.5, 0.6) is 0 Å². The Morgan fingerprint density at radius 2 is 2.00 bits per heavy atom. The van der Waals surface area contributed by atoms with Gasteiger partial charge in [0, 0.05) is 28.0 Å². The first-order chi connectivity index (χ1) is 7.83. The monoisotopic (exact) mass is 278 g/mol. The lowest BCUT2D eigenvalue weighted by molar-refractivity contribution is 0.832. The van der Waals surface area contributed by atoms with Crippen LogP contribution in [0.2, 0.25) is 0 Å². The van der Waals surface area contributed by atoms with E-state index >= 15 is 0 Å². The van der Waals surface area contributed by atoms with Crippen LogP contribution in [0.3, 0.4) is 0 Å². The molecule has 0 radical (unpaired) electrons. The summed E-state index contributed by atoms with van der Waals surface area (Å²) >= 11 is 3.52. The van der Waals surface area contributed by atoms with Crippen LogP contribution in [0, 0.1) is 0 Å². The summed E-state index contributed by atoms with van der Waals surface area (Å²) in [5, 5.41) is 5.76. The maximum Gasteiger partial charge on any atom is 0.133 e. The van der Waals surface area contributed by atoms with Crippen LogP contribution >= 0.6 is 15.9 Å². The van der Waals surface area contributed by atoms with Gasteiger partial charge in [-0.1, -0.05) is 37.6 Å². The number of unbranched alkanes of at least 4 members (excludes halogenated alkanes) is 1. The first kappa shape index (κ1) is 11.4. The van der Waals surface area contributed by atoms with Gasteiger partial charge >= 0.3 is 0 Å². The van der Waals surface area contributed by atoms with Gasteiger partial charge < -0.3 is 5.32 Å². The molecule has 2 rings (SSSR count). The summed E-state index contributed by atoms with van der Waals surface area (Å²) in [6, 6.07) is 8.29. The van der Waals surface area contributed by atoms with Crippen molar-refractivity contribution in [3.8, 4) is 0 Å². The third kappa shape index (κ3) is 2.35. The van der Waals surface area contributed by atoms with Gasteiger partial charge in [-0.25, -0.2) is 4.98 Å². The third-order valence-electron chi connectivity index (χ3n) is 2.57. The Bertz CT molecular complexity index is 482. The predicted octanol–water partition coefficient (Wildman–Crippen LogP) is 4.21. The van der Waals surface area contributed by atoms with Gasteiger partial charge in [0.1, 0.15) is 5.82 Å². The molecule has 1 aromatic carbocycles. The van der Waals surface area contributed by atoms with Gasteiger partial charge in [-0.3, -0.25) is 0 Å². The van der Waals surface area contributed by atoms with Crippen molar-refractivity contribution in [3.05, 3.63) is 34.9 Å². The van der Waals surface area contributed by atoms with Gasteiger partial charge in [0.15, 0.2) is 0 Å². The van der Waals surface area contributed by atoms with E-state index in [1.807, 2.05) is 18.3 Å². The molecule has 0 aliphatic carbocycles. The number of anilines is 1. The molecule has 1 N–H and O–H groups in total. The Kier molecular flexibility index (Phi) is 3.78. The van der Waals surface area contributed by atoms with Gasteiger partial charge in [0.25, 0.3) is 0 Å². The quantitative estimate of drug-likeness (QED) is 0.848. The summed E-state index contributed by atoms with van der Waals surface area (Å²) in [5.74, 6) is 0.979. The molecule has 0 spiro atoms. The van der Waals surface area contributed by atoms with Crippen molar-refractivity contribution in [2.24, 2.45) is 0 Å². The smallest absolute Gasteiger partial charge is 0.133 e. The van der Waals surface area contributed by atoms with E-state index in [1.165, 1.54) is 23.6 Å². The molecule has 0 atom stereocenters. The number of hydrogen-bond acceptors (Lipinski definition) is 2. The second kappa shape index (κ2) is 5.30. The zero-order valence-electron chi connectivity index (χ0n) is 9.33. The van der Waals surface area contributed by atoms with Gasteiger partial charge in [0.2, 0.25) is 0 Å². The van der Waals surface area contributed by atoms with Crippen molar-refractivity contribution < 1.29 is 0 Å². The zero-order valence-corrected chi connectivity index (χ0v) is 10.9. The maximum atomic E-state index is 4.42. The van der Waals surface area contributed by atoms with Crippen molar-refractivity contribution in [3.63, 3.8) is 0 Å². The number of halogens is 1. The summed E-state index contributed by atoms with van der Waals surface area (Å²) in [7, 11) is 0. The highest BCUT2D eigenvalue weighted by Crippen LogP contribution is 2.27. The minimum Gasteiger partial charge on any atom is -0.370 e. The molecule has 16 heavy (non-hydrogen) atoms. The molecule has 0 amide bonds. The number of fused-ring (bicyclic) bond motifs is 1. The first-order valence-electron chi connectivity index (χ1n) is 5.60. The fourth-order valence-corrected chi connectivity index (χ4v) is 2.13.